The largest absolute Gasteiger partial charge is 0.469 e. The van der Waals surface area contributed by atoms with Crippen LogP contribution in [0, 0.1) is 23.2 Å². The van der Waals surface area contributed by atoms with Crippen molar-refractivity contribution < 1.29 is 9.53 Å². The molecule has 0 aromatic heterocycles. The summed E-state index contributed by atoms with van der Waals surface area (Å²) in [5.74, 6) is -0.211. The number of ether oxygens (including phenoxy) is 1. The Morgan fingerprint density at radius 3 is 3.08 bits per heavy atom. The molecule has 1 aliphatic rings. The zero-order valence-corrected chi connectivity index (χ0v) is 7.04. The molecule has 2 atom stereocenters. The normalized spacial score (nSPS) is 28.0. The van der Waals surface area contributed by atoms with Crippen molar-refractivity contribution in [3.63, 3.8) is 0 Å². The first-order valence-corrected chi connectivity index (χ1v) is 3.95. The summed E-state index contributed by atoms with van der Waals surface area (Å²) in [6.07, 6.45) is 0.423. The van der Waals surface area contributed by atoms with Crippen LogP contribution in [0.25, 0.3) is 0 Å². The second-order valence-electron chi connectivity index (χ2n) is 2.91. The highest BCUT2D eigenvalue weighted by Crippen LogP contribution is 2.20. The van der Waals surface area contributed by atoms with Crippen LogP contribution in [-0.2, 0) is 9.53 Å². The third kappa shape index (κ3) is 1.74. The Hall–Kier alpha value is -1.08. The third-order valence-corrected chi connectivity index (χ3v) is 2.20. The van der Waals surface area contributed by atoms with Crippen LogP contribution in [0.4, 0.5) is 0 Å². The van der Waals surface area contributed by atoms with E-state index < -0.39 is 0 Å². The van der Waals surface area contributed by atoms with Gasteiger partial charge in [-0.05, 0) is 12.5 Å². The van der Waals surface area contributed by atoms with Crippen LogP contribution in [0.2, 0.25) is 0 Å². The molecule has 12 heavy (non-hydrogen) atoms. The van der Waals surface area contributed by atoms with E-state index in [9.17, 15) is 4.79 Å². The van der Waals surface area contributed by atoms with E-state index in [1.165, 1.54) is 7.11 Å². The molecule has 4 nitrogen and oxygen atoms in total. The van der Waals surface area contributed by atoms with E-state index in [1.54, 1.807) is 0 Å². The van der Waals surface area contributed by atoms with Crippen LogP contribution in [0.15, 0.2) is 0 Å². The molecule has 0 aromatic rings. The van der Waals surface area contributed by atoms with Gasteiger partial charge in [0.05, 0.1) is 19.1 Å². The Balaban J connectivity index is 2.52. The van der Waals surface area contributed by atoms with Gasteiger partial charge in [0.15, 0.2) is 0 Å². The van der Waals surface area contributed by atoms with Gasteiger partial charge in [-0.25, -0.2) is 0 Å². The first-order chi connectivity index (χ1) is 5.79. The van der Waals surface area contributed by atoms with Crippen molar-refractivity contribution in [1.82, 2.24) is 5.32 Å². The summed E-state index contributed by atoms with van der Waals surface area (Å²) in [6.45, 7) is 1.38. The van der Waals surface area contributed by atoms with Crippen molar-refractivity contribution in [3.8, 4) is 6.07 Å². The highest BCUT2D eigenvalue weighted by molar-refractivity contribution is 5.73. The number of nitriles is 1. The predicted molar refractivity (Wildman–Crippen MR) is 42.1 cm³/mol. The van der Waals surface area contributed by atoms with E-state index in [0.717, 1.165) is 6.54 Å². The zero-order chi connectivity index (χ0) is 8.97. The van der Waals surface area contributed by atoms with Crippen LogP contribution in [0.5, 0.6) is 0 Å². The van der Waals surface area contributed by atoms with Gasteiger partial charge >= 0.3 is 5.97 Å². The lowest BCUT2D eigenvalue weighted by Gasteiger charge is -2.12. The molecule has 0 spiro atoms. The van der Waals surface area contributed by atoms with E-state index in [0.29, 0.717) is 13.0 Å². The first kappa shape index (κ1) is 9.01. The highest BCUT2D eigenvalue weighted by atomic mass is 16.5. The van der Waals surface area contributed by atoms with Crippen molar-refractivity contribution in [1.29, 1.82) is 5.26 Å². The molecule has 1 fully saturated rings. The summed E-state index contributed by atoms with van der Waals surface area (Å²) in [4.78, 5) is 11.1. The van der Waals surface area contributed by atoms with E-state index >= 15 is 0 Å². The van der Waals surface area contributed by atoms with E-state index in [-0.39, 0.29) is 17.8 Å². The zero-order valence-electron chi connectivity index (χ0n) is 7.04. The predicted octanol–water partition coefficient (Wildman–Crippen LogP) is -0.0913. The lowest BCUT2D eigenvalue weighted by molar-refractivity contribution is -0.146. The topological polar surface area (TPSA) is 62.1 Å². The standard InChI is InChI=1S/C8H12N2O2/c1-12-8(11)7-5-10-4-6(7)2-3-9/h6-7,10H,2,4-5H2,1H3. The fraction of sp³-hybridized carbons (Fsp3) is 0.750. The third-order valence-electron chi connectivity index (χ3n) is 2.20. The summed E-state index contributed by atoms with van der Waals surface area (Å²) in [5.41, 5.74) is 0. The molecule has 0 radical (unpaired) electrons. The quantitative estimate of drug-likeness (QED) is 0.585. The molecule has 1 saturated heterocycles. The molecule has 0 aliphatic carbocycles. The minimum atomic E-state index is -0.208. The Morgan fingerprint density at radius 2 is 2.50 bits per heavy atom. The average Bonchev–Trinajstić information content (AvgIpc) is 2.52. The molecule has 1 rings (SSSR count). The minimum Gasteiger partial charge on any atom is -0.469 e. The number of hydrogen-bond acceptors (Lipinski definition) is 4. The van der Waals surface area contributed by atoms with Crippen LogP contribution in [0.3, 0.4) is 0 Å². The molecule has 0 aromatic carbocycles. The summed E-state index contributed by atoms with van der Waals surface area (Å²) in [5, 5.41) is 11.5. The minimum absolute atomic E-state index is 0.127. The fourth-order valence-electron chi connectivity index (χ4n) is 1.49. The molecule has 0 bridgehead atoms. The first-order valence-electron chi connectivity index (χ1n) is 3.95. The van der Waals surface area contributed by atoms with Crippen molar-refractivity contribution in [2.75, 3.05) is 20.2 Å². The maximum absolute atomic E-state index is 11.1. The lowest BCUT2D eigenvalue weighted by atomic mass is 9.94. The fourth-order valence-corrected chi connectivity index (χ4v) is 1.49. The number of rotatable bonds is 2. The Morgan fingerprint density at radius 1 is 1.75 bits per heavy atom. The van der Waals surface area contributed by atoms with Gasteiger partial charge in [0.2, 0.25) is 0 Å². The van der Waals surface area contributed by atoms with Crippen molar-refractivity contribution >= 4 is 5.97 Å². The molecule has 0 amide bonds. The summed E-state index contributed by atoms with van der Waals surface area (Å²) < 4.78 is 4.62. The van der Waals surface area contributed by atoms with Crippen molar-refractivity contribution in [2.24, 2.45) is 11.8 Å². The van der Waals surface area contributed by atoms with Gasteiger partial charge in [-0.15, -0.1) is 0 Å². The summed E-state index contributed by atoms with van der Waals surface area (Å²) >= 11 is 0. The number of esters is 1. The van der Waals surface area contributed by atoms with Gasteiger partial charge in [-0.1, -0.05) is 0 Å². The molecular formula is C8H12N2O2. The number of nitrogens with zero attached hydrogens (tertiary/aromatic N) is 1. The number of carbonyl (C=O) groups is 1. The molecule has 1 aliphatic heterocycles. The lowest BCUT2D eigenvalue weighted by Crippen LogP contribution is -2.23. The monoisotopic (exact) mass is 168 g/mol. The van der Waals surface area contributed by atoms with Crippen LogP contribution in [0.1, 0.15) is 6.42 Å². The van der Waals surface area contributed by atoms with Crippen molar-refractivity contribution in [2.45, 2.75) is 6.42 Å². The maximum Gasteiger partial charge on any atom is 0.310 e. The Kier molecular flexibility index (Phi) is 3.06. The van der Waals surface area contributed by atoms with E-state index in [4.69, 9.17) is 5.26 Å². The Labute approximate surface area is 71.5 Å². The summed E-state index contributed by atoms with van der Waals surface area (Å²) in [6, 6.07) is 2.07. The van der Waals surface area contributed by atoms with Crippen LogP contribution < -0.4 is 5.32 Å². The maximum atomic E-state index is 11.1. The highest BCUT2D eigenvalue weighted by Gasteiger charge is 2.33. The SMILES string of the molecule is COC(=O)C1CNCC1CC#N. The van der Waals surface area contributed by atoms with Gasteiger partial charge in [-0.3, -0.25) is 4.79 Å². The van der Waals surface area contributed by atoms with Crippen molar-refractivity contribution in [3.05, 3.63) is 0 Å². The summed E-state index contributed by atoms with van der Waals surface area (Å²) in [7, 11) is 1.38. The molecule has 1 N–H and O–H groups in total. The van der Waals surface area contributed by atoms with Gasteiger partial charge in [-0.2, -0.15) is 5.26 Å². The second-order valence-corrected chi connectivity index (χ2v) is 2.91. The number of carbonyl (C=O) groups excluding carboxylic acids is 1. The Bertz CT molecular complexity index is 210. The van der Waals surface area contributed by atoms with E-state index in [2.05, 4.69) is 16.1 Å². The van der Waals surface area contributed by atoms with Crippen LogP contribution in [-0.4, -0.2) is 26.2 Å². The average molecular weight is 168 g/mol. The number of hydrogen-bond donors (Lipinski definition) is 1. The van der Waals surface area contributed by atoms with Gasteiger partial charge < -0.3 is 10.1 Å². The number of nitrogens with one attached hydrogen (secondary N) is 1. The molecular weight excluding hydrogens is 156 g/mol. The molecule has 1 heterocycles. The second kappa shape index (κ2) is 4.07. The molecule has 0 saturated carbocycles. The smallest absolute Gasteiger partial charge is 0.310 e. The van der Waals surface area contributed by atoms with Gasteiger partial charge in [0, 0.05) is 13.0 Å². The molecule has 66 valence electrons. The number of methoxy groups -OCH3 is 1. The van der Waals surface area contributed by atoms with E-state index in [1.807, 2.05) is 0 Å². The van der Waals surface area contributed by atoms with Crippen LogP contribution >= 0.6 is 0 Å². The molecule has 2 unspecified atom stereocenters. The molecule has 4 heteroatoms. The van der Waals surface area contributed by atoms with Gasteiger partial charge in [0.1, 0.15) is 0 Å². The van der Waals surface area contributed by atoms with Gasteiger partial charge in [0.25, 0.3) is 0 Å².